The molecule has 0 saturated carbocycles. The molecule has 1 aliphatic rings. The molecule has 6 heteroatoms. The lowest BCUT2D eigenvalue weighted by Crippen LogP contribution is -2.40. The van der Waals surface area contributed by atoms with Crippen LogP contribution in [0, 0.1) is 5.92 Å². The highest BCUT2D eigenvalue weighted by atomic mass is 32.2. The smallest absolute Gasteiger partial charge is 0.211 e. The highest BCUT2D eigenvalue weighted by Crippen LogP contribution is 2.24. The Bertz CT molecular complexity index is 332. The molecule has 0 radical (unpaired) electrons. The van der Waals surface area contributed by atoms with Gasteiger partial charge in [-0.3, -0.25) is 0 Å². The van der Waals surface area contributed by atoms with Crippen molar-refractivity contribution < 1.29 is 13.5 Å². The summed E-state index contributed by atoms with van der Waals surface area (Å²) in [6, 6.07) is 0. The van der Waals surface area contributed by atoms with Crippen molar-refractivity contribution in [2.45, 2.75) is 38.2 Å². The van der Waals surface area contributed by atoms with Gasteiger partial charge >= 0.3 is 0 Å². The molecule has 1 aliphatic heterocycles. The van der Waals surface area contributed by atoms with Crippen LogP contribution in [0.25, 0.3) is 0 Å². The zero-order valence-electron chi connectivity index (χ0n) is 11.3. The first-order valence-corrected chi connectivity index (χ1v) is 9.80. The molecule has 1 N–H and O–H groups in total. The minimum atomic E-state index is -3.07. The Morgan fingerprint density at radius 2 is 2.22 bits per heavy atom. The highest BCUT2D eigenvalue weighted by Gasteiger charge is 2.26. The van der Waals surface area contributed by atoms with E-state index in [0.717, 1.165) is 37.9 Å². The molecular formula is C12H25NO3S2. The zero-order chi connectivity index (χ0) is 13.6. The molecule has 108 valence electrons. The van der Waals surface area contributed by atoms with Crippen LogP contribution in [0.3, 0.4) is 0 Å². The van der Waals surface area contributed by atoms with Crippen LogP contribution in [-0.4, -0.2) is 55.3 Å². The average molecular weight is 295 g/mol. The monoisotopic (exact) mass is 295 g/mol. The van der Waals surface area contributed by atoms with E-state index in [4.69, 9.17) is 0 Å². The van der Waals surface area contributed by atoms with E-state index >= 15 is 0 Å². The predicted molar refractivity (Wildman–Crippen MR) is 77.4 cm³/mol. The summed E-state index contributed by atoms with van der Waals surface area (Å²) < 4.78 is 24.5. The first kappa shape index (κ1) is 16.3. The van der Waals surface area contributed by atoms with Gasteiger partial charge in [0, 0.05) is 13.1 Å². The third kappa shape index (κ3) is 5.91. The topological polar surface area (TPSA) is 57.6 Å². The maximum absolute atomic E-state index is 11.5. The van der Waals surface area contributed by atoms with Crippen molar-refractivity contribution in [3.63, 3.8) is 0 Å². The Labute approximate surface area is 115 Å². The fourth-order valence-electron chi connectivity index (χ4n) is 2.49. The third-order valence-corrected chi connectivity index (χ3v) is 5.41. The minimum Gasteiger partial charge on any atom is -0.393 e. The van der Waals surface area contributed by atoms with Gasteiger partial charge in [-0.2, -0.15) is 11.8 Å². The second kappa shape index (κ2) is 7.72. The normalized spacial score (nSPS) is 24.1. The summed E-state index contributed by atoms with van der Waals surface area (Å²) in [4.78, 5) is 0. The van der Waals surface area contributed by atoms with Crippen molar-refractivity contribution in [3.05, 3.63) is 0 Å². The molecule has 1 rings (SSSR count). The van der Waals surface area contributed by atoms with Crippen molar-refractivity contribution in [1.29, 1.82) is 0 Å². The zero-order valence-corrected chi connectivity index (χ0v) is 13.0. The van der Waals surface area contributed by atoms with Crippen LogP contribution < -0.4 is 0 Å². The molecule has 18 heavy (non-hydrogen) atoms. The summed E-state index contributed by atoms with van der Waals surface area (Å²) in [6.45, 7) is 1.22. The van der Waals surface area contributed by atoms with Crippen molar-refractivity contribution in [2.24, 2.45) is 5.92 Å². The van der Waals surface area contributed by atoms with Gasteiger partial charge in [0.05, 0.1) is 12.4 Å². The van der Waals surface area contributed by atoms with E-state index < -0.39 is 10.0 Å². The summed E-state index contributed by atoms with van der Waals surface area (Å²) in [5.74, 6) is 1.40. The van der Waals surface area contributed by atoms with Crippen LogP contribution >= 0.6 is 11.8 Å². The Hall–Kier alpha value is 0.220. The lowest BCUT2D eigenvalue weighted by atomic mass is 9.92. The first-order valence-electron chi connectivity index (χ1n) is 6.55. The van der Waals surface area contributed by atoms with Gasteiger partial charge in [0.1, 0.15) is 0 Å². The van der Waals surface area contributed by atoms with Crippen LogP contribution in [0.15, 0.2) is 0 Å². The predicted octanol–water partition coefficient (Wildman–Crippen LogP) is 1.55. The summed E-state index contributed by atoms with van der Waals surface area (Å²) >= 11 is 1.79. The van der Waals surface area contributed by atoms with Gasteiger partial charge in [-0.15, -0.1) is 0 Å². The second-order valence-electron chi connectivity index (χ2n) is 5.15. The number of hydrogen-bond acceptors (Lipinski definition) is 4. The van der Waals surface area contributed by atoms with Crippen molar-refractivity contribution in [3.8, 4) is 0 Å². The molecule has 0 spiro atoms. The number of piperidine rings is 1. The van der Waals surface area contributed by atoms with Crippen LogP contribution in [0.2, 0.25) is 0 Å². The molecular weight excluding hydrogens is 270 g/mol. The molecule has 0 aromatic heterocycles. The number of sulfonamides is 1. The Balaban J connectivity index is 2.33. The molecule has 0 aromatic rings. The molecule has 2 unspecified atom stereocenters. The van der Waals surface area contributed by atoms with Crippen LogP contribution in [-0.2, 0) is 10.0 Å². The van der Waals surface area contributed by atoms with E-state index in [9.17, 15) is 13.5 Å². The molecule has 1 fully saturated rings. The maximum Gasteiger partial charge on any atom is 0.211 e. The number of thioether (sulfide) groups is 1. The summed E-state index contributed by atoms with van der Waals surface area (Å²) in [5, 5.41) is 9.94. The fraction of sp³-hybridized carbons (Fsp3) is 1.00. The van der Waals surface area contributed by atoms with E-state index in [1.54, 1.807) is 16.1 Å². The maximum atomic E-state index is 11.5. The molecule has 0 aromatic carbocycles. The van der Waals surface area contributed by atoms with E-state index in [2.05, 4.69) is 6.26 Å². The van der Waals surface area contributed by atoms with Gasteiger partial charge in [0.25, 0.3) is 0 Å². The number of aliphatic hydroxyl groups is 1. The Morgan fingerprint density at radius 3 is 2.83 bits per heavy atom. The van der Waals surface area contributed by atoms with Crippen molar-refractivity contribution in [2.75, 3.05) is 31.4 Å². The molecule has 0 amide bonds. The van der Waals surface area contributed by atoms with Gasteiger partial charge in [-0.1, -0.05) is 0 Å². The Kier molecular flexibility index (Phi) is 6.98. The van der Waals surface area contributed by atoms with Gasteiger partial charge in [0.2, 0.25) is 10.0 Å². The van der Waals surface area contributed by atoms with Gasteiger partial charge in [0.15, 0.2) is 0 Å². The van der Waals surface area contributed by atoms with E-state index in [1.807, 2.05) is 0 Å². The average Bonchev–Trinajstić information content (AvgIpc) is 2.28. The van der Waals surface area contributed by atoms with Gasteiger partial charge < -0.3 is 5.11 Å². The molecule has 1 heterocycles. The standard InChI is InChI=1S/C12H25NO3S2/c1-17-8-4-6-12(14)9-11-5-3-7-13(10-11)18(2,15)16/h11-12,14H,3-10H2,1-2H3. The number of hydrogen-bond donors (Lipinski definition) is 1. The number of aliphatic hydroxyl groups excluding tert-OH is 1. The van der Waals surface area contributed by atoms with E-state index in [1.165, 1.54) is 6.26 Å². The first-order chi connectivity index (χ1) is 8.43. The molecule has 2 atom stereocenters. The minimum absolute atomic E-state index is 0.276. The van der Waals surface area contributed by atoms with Crippen LogP contribution in [0.1, 0.15) is 32.1 Å². The molecule has 1 saturated heterocycles. The van der Waals surface area contributed by atoms with Crippen molar-refractivity contribution in [1.82, 2.24) is 4.31 Å². The highest BCUT2D eigenvalue weighted by molar-refractivity contribution is 7.98. The van der Waals surface area contributed by atoms with E-state index in [0.29, 0.717) is 19.0 Å². The second-order valence-corrected chi connectivity index (χ2v) is 8.12. The largest absolute Gasteiger partial charge is 0.393 e. The molecule has 4 nitrogen and oxygen atoms in total. The van der Waals surface area contributed by atoms with E-state index in [-0.39, 0.29) is 6.10 Å². The summed E-state index contributed by atoms with van der Waals surface area (Å²) in [6.07, 6.45) is 7.60. The number of rotatable bonds is 7. The third-order valence-electron chi connectivity index (χ3n) is 3.44. The fourth-order valence-corrected chi connectivity index (χ4v) is 3.88. The molecule has 0 bridgehead atoms. The van der Waals surface area contributed by atoms with Crippen LogP contribution in [0.5, 0.6) is 0 Å². The van der Waals surface area contributed by atoms with Crippen molar-refractivity contribution >= 4 is 21.8 Å². The molecule has 0 aliphatic carbocycles. The summed E-state index contributed by atoms with van der Waals surface area (Å²) in [7, 11) is -3.07. The Morgan fingerprint density at radius 1 is 1.50 bits per heavy atom. The lowest BCUT2D eigenvalue weighted by molar-refractivity contribution is 0.114. The summed E-state index contributed by atoms with van der Waals surface area (Å²) in [5.41, 5.74) is 0. The SMILES string of the molecule is CSCCCC(O)CC1CCCN(S(C)(=O)=O)C1. The van der Waals surface area contributed by atoms with Gasteiger partial charge in [-0.05, 0) is 50.0 Å². The lowest BCUT2D eigenvalue weighted by Gasteiger charge is -2.32. The quantitative estimate of drug-likeness (QED) is 0.724. The number of nitrogens with zero attached hydrogens (tertiary/aromatic N) is 1. The van der Waals surface area contributed by atoms with Gasteiger partial charge in [-0.25, -0.2) is 12.7 Å². The van der Waals surface area contributed by atoms with Crippen LogP contribution in [0.4, 0.5) is 0 Å².